The highest BCUT2D eigenvalue weighted by Gasteiger charge is 2.29. The Morgan fingerprint density at radius 2 is 2.11 bits per heavy atom. The molecule has 1 saturated heterocycles. The summed E-state index contributed by atoms with van der Waals surface area (Å²) < 4.78 is 5.83. The van der Waals surface area contributed by atoms with Gasteiger partial charge in [-0.15, -0.1) is 0 Å². The molecule has 2 aliphatic rings. The Balaban J connectivity index is 1.40. The third-order valence-corrected chi connectivity index (χ3v) is 5.10. The monoisotopic (exact) mass is 386 g/mol. The molecule has 1 aromatic carbocycles. The van der Waals surface area contributed by atoms with Crippen LogP contribution in [-0.4, -0.2) is 54.3 Å². The van der Waals surface area contributed by atoms with Gasteiger partial charge in [-0.05, 0) is 31.0 Å². The van der Waals surface area contributed by atoms with Crippen molar-refractivity contribution >= 4 is 23.5 Å². The third-order valence-electron chi connectivity index (χ3n) is 5.10. The van der Waals surface area contributed by atoms with E-state index in [0.717, 1.165) is 30.0 Å². The fraction of sp³-hybridized carbons (Fsp3) is 0.571. The lowest BCUT2D eigenvalue weighted by Crippen LogP contribution is -2.32. The summed E-state index contributed by atoms with van der Waals surface area (Å²) in [5, 5.41) is 2.76. The fourth-order valence-electron chi connectivity index (χ4n) is 3.43. The molecule has 7 nitrogen and oxygen atoms in total. The van der Waals surface area contributed by atoms with Crippen LogP contribution in [0.25, 0.3) is 0 Å². The van der Waals surface area contributed by atoms with Crippen LogP contribution in [0.5, 0.6) is 5.75 Å². The van der Waals surface area contributed by atoms with Crippen molar-refractivity contribution in [3.05, 3.63) is 23.8 Å². The molecule has 7 heteroatoms. The number of amides is 2. The SMILES string of the molecule is CCCCCCN(C)C(=O)CCCOc1ccc2c(c1)CN1CC(=O)NC1=N2. The first-order valence-electron chi connectivity index (χ1n) is 10.2. The van der Waals surface area contributed by atoms with Gasteiger partial charge in [-0.3, -0.25) is 14.9 Å². The molecule has 0 aliphatic carbocycles. The van der Waals surface area contributed by atoms with Crippen molar-refractivity contribution in [2.75, 3.05) is 26.7 Å². The summed E-state index contributed by atoms with van der Waals surface area (Å²) in [5.74, 6) is 1.56. The Kier molecular flexibility index (Phi) is 6.90. The molecule has 0 radical (unpaired) electrons. The fourth-order valence-corrected chi connectivity index (χ4v) is 3.43. The summed E-state index contributed by atoms with van der Waals surface area (Å²) in [5.41, 5.74) is 1.90. The van der Waals surface area contributed by atoms with E-state index in [-0.39, 0.29) is 11.8 Å². The number of fused-ring (bicyclic) bond motifs is 2. The minimum absolute atomic E-state index is 0.0250. The molecule has 2 aliphatic heterocycles. The van der Waals surface area contributed by atoms with Crippen molar-refractivity contribution in [3.63, 3.8) is 0 Å². The van der Waals surface area contributed by atoms with E-state index in [4.69, 9.17) is 4.74 Å². The van der Waals surface area contributed by atoms with Crippen LogP contribution in [0.15, 0.2) is 23.2 Å². The van der Waals surface area contributed by atoms with Gasteiger partial charge in [0.1, 0.15) is 12.3 Å². The zero-order valence-electron chi connectivity index (χ0n) is 16.9. The minimum Gasteiger partial charge on any atom is -0.494 e. The molecule has 2 amide bonds. The first-order chi connectivity index (χ1) is 13.6. The van der Waals surface area contributed by atoms with Gasteiger partial charge in [0.05, 0.1) is 12.3 Å². The van der Waals surface area contributed by atoms with E-state index in [1.54, 1.807) is 0 Å². The number of hydrogen-bond acceptors (Lipinski definition) is 5. The molecule has 28 heavy (non-hydrogen) atoms. The largest absolute Gasteiger partial charge is 0.494 e. The standard InChI is InChI=1S/C21H30N4O3/c1-3-4-5-6-11-24(2)20(27)8-7-12-28-17-9-10-18-16(13-17)14-25-15-19(26)23-21(25)22-18/h9-10,13H,3-8,11-12,14-15H2,1-2H3,(H,22,23,26). The number of hydrogen-bond donors (Lipinski definition) is 1. The summed E-state index contributed by atoms with van der Waals surface area (Å²) in [6, 6.07) is 5.77. The van der Waals surface area contributed by atoms with E-state index in [0.29, 0.717) is 38.5 Å². The van der Waals surface area contributed by atoms with E-state index in [1.807, 2.05) is 35.0 Å². The molecule has 152 valence electrons. The second kappa shape index (κ2) is 9.57. The zero-order chi connectivity index (χ0) is 19.9. The van der Waals surface area contributed by atoms with Crippen molar-refractivity contribution in [1.29, 1.82) is 0 Å². The predicted molar refractivity (Wildman–Crippen MR) is 109 cm³/mol. The van der Waals surface area contributed by atoms with Gasteiger partial charge in [0.2, 0.25) is 17.8 Å². The van der Waals surface area contributed by atoms with Gasteiger partial charge in [0.25, 0.3) is 0 Å². The smallest absolute Gasteiger partial charge is 0.246 e. The van der Waals surface area contributed by atoms with E-state index in [9.17, 15) is 9.59 Å². The average Bonchev–Trinajstić information content (AvgIpc) is 3.05. The van der Waals surface area contributed by atoms with Gasteiger partial charge in [-0.1, -0.05) is 26.2 Å². The highest BCUT2D eigenvalue weighted by molar-refractivity contribution is 6.05. The quantitative estimate of drug-likeness (QED) is 0.628. The Bertz CT molecular complexity index is 747. The second-order valence-electron chi connectivity index (χ2n) is 7.46. The molecule has 3 rings (SSSR count). The Morgan fingerprint density at radius 1 is 1.25 bits per heavy atom. The van der Waals surface area contributed by atoms with Gasteiger partial charge in [0, 0.05) is 32.1 Å². The number of carbonyl (C=O) groups is 2. The number of ether oxygens (including phenoxy) is 1. The normalized spacial score (nSPS) is 14.9. The van der Waals surface area contributed by atoms with E-state index >= 15 is 0 Å². The van der Waals surface area contributed by atoms with Gasteiger partial charge < -0.3 is 14.5 Å². The number of benzene rings is 1. The zero-order valence-corrected chi connectivity index (χ0v) is 16.9. The van der Waals surface area contributed by atoms with Crippen LogP contribution in [0, 0.1) is 0 Å². The Hall–Kier alpha value is -2.57. The minimum atomic E-state index is -0.0250. The number of rotatable bonds is 10. The van der Waals surface area contributed by atoms with Crippen LogP contribution in [0.2, 0.25) is 0 Å². The highest BCUT2D eigenvalue weighted by Crippen LogP contribution is 2.30. The molecule has 0 saturated carbocycles. The molecule has 1 fully saturated rings. The number of carbonyl (C=O) groups excluding carboxylic acids is 2. The number of nitrogens with one attached hydrogen (secondary N) is 1. The Labute approximate surface area is 166 Å². The molecule has 0 atom stereocenters. The van der Waals surface area contributed by atoms with E-state index < -0.39 is 0 Å². The third kappa shape index (κ3) is 5.24. The van der Waals surface area contributed by atoms with E-state index in [2.05, 4.69) is 17.2 Å². The molecule has 0 aromatic heterocycles. The van der Waals surface area contributed by atoms with Gasteiger partial charge in [-0.2, -0.15) is 0 Å². The summed E-state index contributed by atoms with van der Waals surface area (Å²) in [6.45, 7) is 4.52. The number of aliphatic imine (C=N–C) groups is 1. The summed E-state index contributed by atoms with van der Waals surface area (Å²) in [6.07, 6.45) is 5.89. The highest BCUT2D eigenvalue weighted by atomic mass is 16.5. The second-order valence-corrected chi connectivity index (χ2v) is 7.46. The molecule has 0 spiro atoms. The molecule has 2 heterocycles. The van der Waals surface area contributed by atoms with Crippen molar-refractivity contribution in [2.24, 2.45) is 4.99 Å². The summed E-state index contributed by atoms with van der Waals surface area (Å²) >= 11 is 0. The lowest BCUT2D eigenvalue weighted by Gasteiger charge is -2.23. The van der Waals surface area contributed by atoms with Gasteiger partial charge in [0.15, 0.2) is 0 Å². The molecule has 0 unspecified atom stereocenters. The maximum Gasteiger partial charge on any atom is 0.246 e. The first-order valence-corrected chi connectivity index (χ1v) is 10.2. The van der Waals surface area contributed by atoms with Crippen LogP contribution in [0.3, 0.4) is 0 Å². The summed E-state index contributed by atoms with van der Waals surface area (Å²) in [4.78, 5) is 31.9. The van der Waals surface area contributed by atoms with Gasteiger partial charge in [-0.25, -0.2) is 4.99 Å². The average molecular weight is 386 g/mol. The molecule has 0 bridgehead atoms. The molecule has 1 aromatic rings. The number of nitrogens with zero attached hydrogens (tertiary/aromatic N) is 3. The molecular formula is C21H30N4O3. The number of guanidine groups is 1. The first kappa shape index (κ1) is 20.2. The van der Waals surface area contributed by atoms with Crippen LogP contribution >= 0.6 is 0 Å². The Morgan fingerprint density at radius 3 is 2.93 bits per heavy atom. The lowest BCUT2D eigenvalue weighted by molar-refractivity contribution is -0.130. The van der Waals surface area contributed by atoms with Crippen molar-refractivity contribution < 1.29 is 14.3 Å². The predicted octanol–water partition coefficient (Wildman–Crippen LogP) is 2.82. The van der Waals surface area contributed by atoms with Crippen molar-refractivity contribution in [2.45, 2.75) is 52.0 Å². The van der Waals surface area contributed by atoms with E-state index in [1.165, 1.54) is 19.3 Å². The van der Waals surface area contributed by atoms with Crippen LogP contribution in [0.4, 0.5) is 5.69 Å². The topological polar surface area (TPSA) is 74.2 Å². The van der Waals surface area contributed by atoms with Crippen LogP contribution in [0.1, 0.15) is 51.0 Å². The maximum absolute atomic E-state index is 12.2. The molecule has 1 N–H and O–H groups in total. The maximum atomic E-state index is 12.2. The van der Waals surface area contributed by atoms with Crippen LogP contribution in [-0.2, 0) is 16.1 Å². The van der Waals surface area contributed by atoms with Gasteiger partial charge >= 0.3 is 0 Å². The van der Waals surface area contributed by atoms with Crippen LogP contribution < -0.4 is 10.1 Å². The van der Waals surface area contributed by atoms with Crippen molar-refractivity contribution in [3.8, 4) is 5.75 Å². The number of unbranched alkanes of at least 4 members (excludes halogenated alkanes) is 3. The lowest BCUT2D eigenvalue weighted by atomic mass is 10.1. The summed E-state index contributed by atoms with van der Waals surface area (Å²) in [7, 11) is 1.88. The molecular weight excluding hydrogens is 356 g/mol. The van der Waals surface area contributed by atoms with Crippen molar-refractivity contribution in [1.82, 2.24) is 15.1 Å².